The average molecular weight is 372 g/mol. The molecule has 1 fully saturated rings. The van der Waals surface area contributed by atoms with Crippen LogP contribution in [0.25, 0.3) is 0 Å². The number of benzene rings is 1. The fourth-order valence-corrected chi connectivity index (χ4v) is 3.78. The largest absolute Gasteiger partial charge is 0.372 e. The molecule has 138 valence electrons. The van der Waals surface area contributed by atoms with Gasteiger partial charge in [0.1, 0.15) is 0 Å². The van der Waals surface area contributed by atoms with Crippen molar-refractivity contribution in [3.63, 3.8) is 0 Å². The van der Waals surface area contributed by atoms with E-state index in [0.29, 0.717) is 12.8 Å². The molecule has 1 aliphatic heterocycles. The SMILES string of the molecule is O=C(CCc1cccs1)NCC(=O)Nc1ccc(N2CCCCC2)cc1. The minimum Gasteiger partial charge on any atom is -0.372 e. The molecule has 0 unspecified atom stereocenters. The first-order chi connectivity index (χ1) is 12.7. The van der Waals surface area contributed by atoms with Gasteiger partial charge in [-0.2, -0.15) is 0 Å². The van der Waals surface area contributed by atoms with E-state index in [9.17, 15) is 9.59 Å². The zero-order valence-corrected chi connectivity index (χ0v) is 15.7. The molecule has 3 rings (SSSR count). The van der Waals surface area contributed by atoms with Crippen LogP contribution in [0.5, 0.6) is 0 Å². The van der Waals surface area contributed by atoms with Gasteiger partial charge in [-0.25, -0.2) is 0 Å². The van der Waals surface area contributed by atoms with Gasteiger partial charge in [0.05, 0.1) is 6.54 Å². The van der Waals surface area contributed by atoms with Crippen LogP contribution in [-0.2, 0) is 16.0 Å². The van der Waals surface area contributed by atoms with Crippen molar-refractivity contribution in [1.82, 2.24) is 5.32 Å². The molecule has 0 aliphatic carbocycles. The Balaban J connectivity index is 1.39. The zero-order chi connectivity index (χ0) is 18.2. The van der Waals surface area contributed by atoms with E-state index in [1.54, 1.807) is 11.3 Å². The Labute approximate surface area is 158 Å². The molecule has 6 heteroatoms. The van der Waals surface area contributed by atoms with Crippen molar-refractivity contribution < 1.29 is 9.59 Å². The van der Waals surface area contributed by atoms with E-state index < -0.39 is 0 Å². The summed E-state index contributed by atoms with van der Waals surface area (Å²) in [6.07, 6.45) is 4.90. The van der Waals surface area contributed by atoms with E-state index >= 15 is 0 Å². The van der Waals surface area contributed by atoms with E-state index in [1.165, 1.54) is 29.8 Å². The van der Waals surface area contributed by atoms with Crippen LogP contribution in [0.2, 0.25) is 0 Å². The van der Waals surface area contributed by atoms with Crippen LogP contribution in [0.3, 0.4) is 0 Å². The lowest BCUT2D eigenvalue weighted by Crippen LogP contribution is -2.33. The Morgan fingerprint density at radius 1 is 1.00 bits per heavy atom. The van der Waals surface area contributed by atoms with Crippen LogP contribution < -0.4 is 15.5 Å². The Kier molecular flexibility index (Phi) is 6.66. The number of rotatable bonds is 7. The van der Waals surface area contributed by atoms with Gasteiger partial charge in [0.2, 0.25) is 11.8 Å². The number of nitrogens with zero attached hydrogens (tertiary/aromatic N) is 1. The number of amides is 2. The summed E-state index contributed by atoms with van der Waals surface area (Å²) in [5, 5.41) is 7.50. The van der Waals surface area contributed by atoms with Crippen molar-refractivity contribution in [2.45, 2.75) is 32.1 Å². The number of carbonyl (C=O) groups is 2. The predicted octanol–water partition coefficient (Wildman–Crippen LogP) is 3.43. The maximum Gasteiger partial charge on any atom is 0.243 e. The molecule has 1 saturated heterocycles. The Bertz CT molecular complexity index is 707. The summed E-state index contributed by atoms with van der Waals surface area (Å²) in [5.41, 5.74) is 1.95. The van der Waals surface area contributed by atoms with E-state index in [4.69, 9.17) is 0 Å². The molecule has 26 heavy (non-hydrogen) atoms. The molecular weight excluding hydrogens is 346 g/mol. The Morgan fingerprint density at radius 2 is 1.77 bits per heavy atom. The molecule has 2 amide bonds. The smallest absolute Gasteiger partial charge is 0.243 e. The fourth-order valence-electron chi connectivity index (χ4n) is 3.07. The Morgan fingerprint density at radius 3 is 2.46 bits per heavy atom. The lowest BCUT2D eigenvalue weighted by atomic mass is 10.1. The van der Waals surface area contributed by atoms with Crippen molar-refractivity contribution in [2.24, 2.45) is 0 Å². The number of nitrogens with one attached hydrogen (secondary N) is 2. The van der Waals surface area contributed by atoms with Gasteiger partial charge in [0, 0.05) is 35.8 Å². The molecule has 2 aromatic rings. The average Bonchev–Trinajstić information content (AvgIpc) is 3.20. The number of thiophene rings is 1. The van der Waals surface area contributed by atoms with E-state index in [-0.39, 0.29) is 18.4 Å². The van der Waals surface area contributed by atoms with Gasteiger partial charge in [-0.3, -0.25) is 9.59 Å². The van der Waals surface area contributed by atoms with Crippen LogP contribution in [0.15, 0.2) is 41.8 Å². The van der Waals surface area contributed by atoms with Crippen molar-refractivity contribution in [1.29, 1.82) is 0 Å². The molecule has 1 aromatic carbocycles. The third-order valence-electron chi connectivity index (χ3n) is 4.50. The second-order valence-electron chi connectivity index (χ2n) is 6.50. The molecule has 1 aliphatic rings. The number of carbonyl (C=O) groups excluding carboxylic acids is 2. The molecule has 2 N–H and O–H groups in total. The van der Waals surface area contributed by atoms with E-state index in [1.807, 2.05) is 41.8 Å². The second kappa shape index (κ2) is 9.38. The number of aryl methyl sites for hydroxylation is 1. The minimum absolute atomic E-state index is 0.00283. The van der Waals surface area contributed by atoms with Gasteiger partial charge in [0.25, 0.3) is 0 Å². The van der Waals surface area contributed by atoms with Crippen LogP contribution in [-0.4, -0.2) is 31.4 Å². The molecule has 0 saturated carbocycles. The monoisotopic (exact) mass is 371 g/mol. The van der Waals surface area contributed by atoms with Gasteiger partial charge in [0.15, 0.2) is 0 Å². The highest BCUT2D eigenvalue weighted by Crippen LogP contribution is 2.21. The first-order valence-electron chi connectivity index (χ1n) is 9.15. The Hall–Kier alpha value is -2.34. The first kappa shape index (κ1) is 18.5. The van der Waals surface area contributed by atoms with Gasteiger partial charge in [-0.1, -0.05) is 6.07 Å². The second-order valence-corrected chi connectivity index (χ2v) is 7.53. The topological polar surface area (TPSA) is 61.4 Å². The van der Waals surface area contributed by atoms with Crippen LogP contribution in [0.1, 0.15) is 30.6 Å². The molecule has 0 atom stereocenters. The fraction of sp³-hybridized carbons (Fsp3) is 0.400. The van der Waals surface area contributed by atoms with Crippen molar-refractivity contribution in [2.75, 3.05) is 29.9 Å². The van der Waals surface area contributed by atoms with Gasteiger partial charge >= 0.3 is 0 Å². The van der Waals surface area contributed by atoms with E-state index in [0.717, 1.165) is 18.8 Å². The highest BCUT2D eigenvalue weighted by molar-refractivity contribution is 7.09. The summed E-state index contributed by atoms with van der Waals surface area (Å²) < 4.78 is 0. The van der Waals surface area contributed by atoms with E-state index in [2.05, 4.69) is 15.5 Å². The van der Waals surface area contributed by atoms with Crippen molar-refractivity contribution >= 4 is 34.5 Å². The summed E-state index contributed by atoms with van der Waals surface area (Å²) in [4.78, 5) is 27.4. The van der Waals surface area contributed by atoms with Gasteiger partial charge < -0.3 is 15.5 Å². The van der Waals surface area contributed by atoms with Gasteiger partial charge in [-0.15, -0.1) is 11.3 Å². The normalized spacial score (nSPS) is 14.1. The van der Waals surface area contributed by atoms with Crippen LogP contribution in [0.4, 0.5) is 11.4 Å². The lowest BCUT2D eigenvalue weighted by Gasteiger charge is -2.28. The third-order valence-corrected chi connectivity index (χ3v) is 5.43. The standard InChI is InChI=1S/C20H25N3O2S/c24-19(11-10-18-5-4-14-26-18)21-15-20(25)22-16-6-8-17(9-7-16)23-12-2-1-3-13-23/h4-9,14H,1-3,10-13,15H2,(H,21,24)(H,22,25). The lowest BCUT2D eigenvalue weighted by molar-refractivity contribution is -0.124. The highest BCUT2D eigenvalue weighted by atomic mass is 32.1. The van der Waals surface area contributed by atoms with Crippen molar-refractivity contribution in [3.05, 3.63) is 46.7 Å². The number of anilines is 2. The molecule has 0 spiro atoms. The molecule has 5 nitrogen and oxygen atoms in total. The summed E-state index contributed by atoms with van der Waals surface area (Å²) in [5.74, 6) is -0.311. The molecular formula is C20H25N3O2S. The molecule has 1 aromatic heterocycles. The van der Waals surface area contributed by atoms with Crippen LogP contribution >= 0.6 is 11.3 Å². The summed E-state index contributed by atoms with van der Waals surface area (Å²) >= 11 is 1.64. The number of hydrogen-bond donors (Lipinski definition) is 2. The molecule has 0 bridgehead atoms. The maximum absolute atomic E-state index is 12.0. The zero-order valence-electron chi connectivity index (χ0n) is 14.9. The first-order valence-corrected chi connectivity index (χ1v) is 10.0. The predicted molar refractivity (Wildman–Crippen MR) is 107 cm³/mol. The summed E-state index contributed by atoms with van der Waals surface area (Å²) in [7, 11) is 0. The quantitative estimate of drug-likeness (QED) is 0.784. The minimum atomic E-state index is -0.208. The summed E-state index contributed by atoms with van der Waals surface area (Å²) in [6.45, 7) is 2.20. The van der Waals surface area contributed by atoms with Crippen LogP contribution in [0, 0.1) is 0 Å². The maximum atomic E-state index is 12.0. The third kappa shape index (κ3) is 5.59. The number of piperidine rings is 1. The van der Waals surface area contributed by atoms with Crippen molar-refractivity contribution in [3.8, 4) is 0 Å². The van der Waals surface area contributed by atoms with Gasteiger partial charge in [-0.05, 0) is 61.4 Å². The molecule has 2 heterocycles. The number of hydrogen-bond acceptors (Lipinski definition) is 4. The molecule has 0 radical (unpaired) electrons. The summed E-state index contributed by atoms with van der Waals surface area (Å²) in [6, 6.07) is 11.9. The highest BCUT2D eigenvalue weighted by Gasteiger charge is 2.11.